The molecular formula is C12H18N2O3S. The average Bonchev–Trinajstić information content (AvgIpc) is 3.07. The van der Waals surface area contributed by atoms with Crippen molar-refractivity contribution in [2.45, 2.75) is 25.8 Å². The van der Waals surface area contributed by atoms with Gasteiger partial charge in [-0.1, -0.05) is 0 Å². The molecule has 0 atom stereocenters. The van der Waals surface area contributed by atoms with Gasteiger partial charge >= 0.3 is 5.97 Å². The zero-order chi connectivity index (χ0) is 13.0. The Morgan fingerprint density at radius 3 is 3.00 bits per heavy atom. The maximum Gasteiger partial charge on any atom is 0.357 e. The van der Waals surface area contributed by atoms with Crippen molar-refractivity contribution in [2.75, 3.05) is 31.8 Å². The van der Waals surface area contributed by atoms with Crippen molar-refractivity contribution in [3.63, 3.8) is 0 Å². The molecule has 0 aliphatic heterocycles. The Morgan fingerprint density at radius 1 is 1.61 bits per heavy atom. The molecule has 1 aliphatic carbocycles. The lowest BCUT2D eigenvalue weighted by molar-refractivity contribution is 0.0520. The lowest BCUT2D eigenvalue weighted by atomic mass is 10.5. The van der Waals surface area contributed by atoms with Gasteiger partial charge in [0.05, 0.1) is 13.2 Å². The van der Waals surface area contributed by atoms with E-state index in [0.29, 0.717) is 24.9 Å². The van der Waals surface area contributed by atoms with Gasteiger partial charge in [0.1, 0.15) is 0 Å². The summed E-state index contributed by atoms with van der Waals surface area (Å²) >= 11 is 1.49. The van der Waals surface area contributed by atoms with Gasteiger partial charge in [-0.15, -0.1) is 11.3 Å². The third-order valence-electron chi connectivity index (χ3n) is 2.75. The van der Waals surface area contributed by atoms with E-state index in [0.717, 1.165) is 11.7 Å². The Morgan fingerprint density at radius 2 is 2.39 bits per heavy atom. The molecule has 100 valence electrons. The molecule has 0 amide bonds. The molecule has 0 saturated heterocycles. The number of carbonyl (C=O) groups excluding carboxylic acids is 1. The van der Waals surface area contributed by atoms with Gasteiger partial charge in [-0.05, 0) is 19.8 Å². The molecule has 1 saturated carbocycles. The van der Waals surface area contributed by atoms with Crippen LogP contribution in [-0.2, 0) is 9.47 Å². The molecule has 0 spiro atoms. The predicted octanol–water partition coefficient (Wildman–Crippen LogP) is 1.94. The highest BCUT2D eigenvalue weighted by molar-refractivity contribution is 7.13. The summed E-state index contributed by atoms with van der Waals surface area (Å²) in [4.78, 5) is 18.1. The first-order valence-electron chi connectivity index (χ1n) is 6.14. The van der Waals surface area contributed by atoms with E-state index >= 15 is 0 Å². The molecule has 0 bridgehead atoms. The van der Waals surface area contributed by atoms with Crippen LogP contribution in [0.5, 0.6) is 0 Å². The van der Waals surface area contributed by atoms with Crippen molar-refractivity contribution in [3.8, 4) is 0 Å². The summed E-state index contributed by atoms with van der Waals surface area (Å²) in [6.07, 6.45) is 2.38. The lowest BCUT2D eigenvalue weighted by Crippen LogP contribution is -2.29. The summed E-state index contributed by atoms with van der Waals surface area (Å²) in [5, 5.41) is 2.65. The molecule has 6 heteroatoms. The first-order valence-corrected chi connectivity index (χ1v) is 7.02. The van der Waals surface area contributed by atoms with Crippen LogP contribution in [0.1, 0.15) is 30.3 Å². The maximum absolute atomic E-state index is 11.6. The van der Waals surface area contributed by atoms with Gasteiger partial charge < -0.3 is 14.4 Å². The molecule has 1 aromatic rings. The van der Waals surface area contributed by atoms with Gasteiger partial charge in [-0.25, -0.2) is 9.78 Å². The fraction of sp³-hybridized carbons (Fsp3) is 0.667. The average molecular weight is 270 g/mol. The standard InChI is InChI=1S/C12H18N2O3S/c1-3-17-11(15)10-8-18-12(13-10)14(6-7-16-2)9-4-5-9/h8-9H,3-7H2,1-2H3. The van der Waals surface area contributed by atoms with Crippen LogP contribution in [0.4, 0.5) is 5.13 Å². The van der Waals surface area contributed by atoms with Crippen LogP contribution in [0.2, 0.25) is 0 Å². The fourth-order valence-corrected chi connectivity index (χ4v) is 2.60. The number of hydrogen-bond acceptors (Lipinski definition) is 6. The molecule has 0 aromatic carbocycles. The van der Waals surface area contributed by atoms with Gasteiger partial charge in [0, 0.05) is 25.1 Å². The van der Waals surface area contributed by atoms with Crippen LogP contribution < -0.4 is 4.90 Å². The van der Waals surface area contributed by atoms with E-state index in [1.807, 2.05) is 0 Å². The number of thiazole rings is 1. The van der Waals surface area contributed by atoms with E-state index in [1.54, 1.807) is 19.4 Å². The van der Waals surface area contributed by atoms with Gasteiger partial charge in [0.2, 0.25) is 0 Å². The molecule has 0 N–H and O–H groups in total. The van der Waals surface area contributed by atoms with Crippen molar-refractivity contribution in [1.82, 2.24) is 4.98 Å². The summed E-state index contributed by atoms with van der Waals surface area (Å²) in [6.45, 7) is 3.66. The van der Waals surface area contributed by atoms with Crippen LogP contribution >= 0.6 is 11.3 Å². The van der Waals surface area contributed by atoms with Gasteiger partial charge in [-0.2, -0.15) is 0 Å². The first-order chi connectivity index (χ1) is 8.76. The molecule has 2 rings (SSSR count). The Hall–Kier alpha value is -1.14. The first kappa shape index (κ1) is 13.3. The number of ether oxygens (including phenoxy) is 2. The minimum absolute atomic E-state index is 0.345. The topological polar surface area (TPSA) is 51.7 Å². The van der Waals surface area contributed by atoms with E-state index in [1.165, 1.54) is 24.2 Å². The van der Waals surface area contributed by atoms with Crippen LogP contribution in [-0.4, -0.2) is 43.9 Å². The summed E-state index contributed by atoms with van der Waals surface area (Å²) in [6, 6.07) is 0.557. The largest absolute Gasteiger partial charge is 0.461 e. The summed E-state index contributed by atoms with van der Waals surface area (Å²) < 4.78 is 10.0. The highest BCUT2D eigenvalue weighted by Gasteiger charge is 2.31. The Bertz CT molecular complexity index is 404. The van der Waals surface area contributed by atoms with Crippen molar-refractivity contribution < 1.29 is 14.3 Å². The smallest absolute Gasteiger partial charge is 0.357 e. The summed E-state index contributed by atoms with van der Waals surface area (Å²) in [5.41, 5.74) is 0.403. The van der Waals surface area contributed by atoms with Crippen molar-refractivity contribution in [3.05, 3.63) is 11.1 Å². The highest BCUT2D eigenvalue weighted by atomic mass is 32.1. The van der Waals surface area contributed by atoms with E-state index in [-0.39, 0.29) is 5.97 Å². The summed E-state index contributed by atoms with van der Waals surface area (Å²) in [7, 11) is 1.69. The zero-order valence-corrected chi connectivity index (χ0v) is 11.5. The van der Waals surface area contributed by atoms with Crippen LogP contribution in [0.25, 0.3) is 0 Å². The molecule has 1 heterocycles. The van der Waals surface area contributed by atoms with E-state index < -0.39 is 0 Å². The molecule has 0 radical (unpaired) electrons. The number of methoxy groups -OCH3 is 1. The number of nitrogens with zero attached hydrogens (tertiary/aromatic N) is 2. The Balaban J connectivity index is 2.04. The highest BCUT2D eigenvalue weighted by Crippen LogP contribution is 2.33. The van der Waals surface area contributed by atoms with Gasteiger partial charge in [0.15, 0.2) is 10.8 Å². The maximum atomic E-state index is 11.6. The number of aromatic nitrogens is 1. The molecule has 1 fully saturated rings. The summed E-state index contributed by atoms with van der Waals surface area (Å²) in [5.74, 6) is -0.345. The number of esters is 1. The quantitative estimate of drug-likeness (QED) is 0.709. The second kappa shape index (κ2) is 6.15. The monoisotopic (exact) mass is 270 g/mol. The molecule has 18 heavy (non-hydrogen) atoms. The zero-order valence-electron chi connectivity index (χ0n) is 10.7. The fourth-order valence-electron chi connectivity index (χ4n) is 1.71. The molecule has 0 unspecified atom stereocenters. The van der Waals surface area contributed by atoms with Gasteiger partial charge in [-0.3, -0.25) is 0 Å². The predicted molar refractivity (Wildman–Crippen MR) is 70.3 cm³/mol. The Kier molecular flexibility index (Phi) is 4.54. The van der Waals surface area contributed by atoms with E-state index in [4.69, 9.17) is 9.47 Å². The third kappa shape index (κ3) is 3.20. The second-order valence-corrected chi connectivity index (χ2v) is 4.99. The number of anilines is 1. The minimum atomic E-state index is -0.345. The lowest BCUT2D eigenvalue weighted by Gasteiger charge is -2.20. The molecule has 1 aliphatic rings. The van der Waals surface area contributed by atoms with E-state index in [2.05, 4.69) is 9.88 Å². The second-order valence-electron chi connectivity index (χ2n) is 4.15. The van der Waals surface area contributed by atoms with Crippen molar-refractivity contribution in [2.24, 2.45) is 0 Å². The number of carbonyl (C=O) groups is 1. The number of hydrogen-bond donors (Lipinski definition) is 0. The van der Waals surface area contributed by atoms with Crippen LogP contribution in [0.15, 0.2) is 5.38 Å². The van der Waals surface area contributed by atoms with Gasteiger partial charge in [0.25, 0.3) is 0 Å². The molecule has 1 aromatic heterocycles. The minimum Gasteiger partial charge on any atom is -0.461 e. The van der Waals surface area contributed by atoms with E-state index in [9.17, 15) is 4.79 Å². The molecule has 5 nitrogen and oxygen atoms in total. The SMILES string of the molecule is CCOC(=O)c1csc(N(CCOC)C2CC2)n1. The van der Waals surface area contributed by atoms with Crippen LogP contribution in [0.3, 0.4) is 0 Å². The Labute approximate surface area is 111 Å². The van der Waals surface area contributed by atoms with Crippen molar-refractivity contribution >= 4 is 22.4 Å². The number of rotatable bonds is 7. The normalized spacial score (nSPS) is 14.6. The third-order valence-corrected chi connectivity index (χ3v) is 3.62. The van der Waals surface area contributed by atoms with Crippen LogP contribution in [0, 0.1) is 0 Å². The molecular weight excluding hydrogens is 252 g/mol. The van der Waals surface area contributed by atoms with Crippen molar-refractivity contribution in [1.29, 1.82) is 0 Å².